The van der Waals surface area contributed by atoms with Crippen molar-refractivity contribution in [2.24, 2.45) is 0 Å². The number of fused-ring (bicyclic) bond motifs is 3. The van der Waals surface area contributed by atoms with Gasteiger partial charge in [-0.1, -0.05) is 30.7 Å². The Morgan fingerprint density at radius 2 is 2.28 bits per heavy atom. The summed E-state index contributed by atoms with van der Waals surface area (Å²) in [5.41, 5.74) is 4.52. The molecule has 1 aliphatic rings. The number of hydrogen-bond acceptors (Lipinski definition) is 3. The fourth-order valence-electron chi connectivity index (χ4n) is 2.32. The number of benzene rings is 1. The SMILES string of the molecule is CCCCc1nnn2c1OCc1c(C)cccc1-2. The van der Waals surface area contributed by atoms with Crippen molar-refractivity contribution < 1.29 is 4.74 Å². The van der Waals surface area contributed by atoms with Gasteiger partial charge in [-0.25, -0.2) is 0 Å². The summed E-state index contributed by atoms with van der Waals surface area (Å²) in [6.07, 6.45) is 3.21. The number of rotatable bonds is 3. The molecule has 4 heteroatoms. The Kier molecular flexibility index (Phi) is 2.78. The van der Waals surface area contributed by atoms with E-state index in [9.17, 15) is 0 Å². The van der Waals surface area contributed by atoms with Crippen LogP contribution in [0.1, 0.15) is 36.6 Å². The Morgan fingerprint density at radius 3 is 3.11 bits per heavy atom. The molecular formula is C14H17N3O. The highest BCUT2D eigenvalue weighted by Gasteiger charge is 2.23. The van der Waals surface area contributed by atoms with Crippen LogP contribution in [0, 0.1) is 6.92 Å². The van der Waals surface area contributed by atoms with Crippen molar-refractivity contribution in [3.63, 3.8) is 0 Å². The number of nitrogens with zero attached hydrogens (tertiary/aromatic N) is 3. The van der Waals surface area contributed by atoms with E-state index in [0.29, 0.717) is 6.61 Å². The van der Waals surface area contributed by atoms with E-state index in [0.717, 1.165) is 36.5 Å². The lowest BCUT2D eigenvalue weighted by Gasteiger charge is -2.20. The van der Waals surface area contributed by atoms with Gasteiger partial charge in [-0.3, -0.25) is 0 Å². The zero-order valence-corrected chi connectivity index (χ0v) is 10.8. The Balaban J connectivity index is 2.04. The van der Waals surface area contributed by atoms with E-state index in [2.05, 4.69) is 42.4 Å². The van der Waals surface area contributed by atoms with Crippen LogP contribution in [0.2, 0.25) is 0 Å². The molecule has 4 nitrogen and oxygen atoms in total. The quantitative estimate of drug-likeness (QED) is 0.832. The Labute approximate surface area is 107 Å². The van der Waals surface area contributed by atoms with E-state index >= 15 is 0 Å². The van der Waals surface area contributed by atoms with Crippen molar-refractivity contribution in [3.8, 4) is 11.6 Å². The van der Waals surface area contributed by atoms with Gasteiger partial charge in [0, 0.05) is 5.56 Å². The second kappa shape index (κ2) is 4.44. The van der Waals surface area contributed by atoms with Crippen molar-refractivity contribution in [2.75, 3.05) is 0 Å². The molecule has 0 N–H and O–H groups in total. The molecule has 0 radical (unpaired) electrons. The standard InChI is InChI=1S/C14H17N3O/c1-3-4-7-12-14-17(16-15-12)13-8-5-6-10(2)11(13)9-18-14/h5-6,8H,3-4,7,9H2,1-2H3. The third-order valence-corrected chi connectivity index (χ3v) is 3.43. The summed E-state index contributed by atoms with van der Waals surface area (Å²) in [4.78, 5) is 0. The summed E-state index contributed by atoms with van der Waals surface area (Å²) in [5.74, 6) is 0.821. The zero-order valence-electron chi connectivity index (χ0n) is 10.8. The van der Waals surface area contributed by atoms with Crippen LogP contribution < -0.4 is 4.74 Å². The molecule has 3 rings (SSSR count). The number of aryl methyl sites for hydroxylation is 2. The van der Waals surface area contributed by atoms with E-state index in [1.165, 1.54) is 11.1 Å². The second-order valence-electron chi connectivity index (χ2n) is 4.72. The maximum atomic E-state index is 5.84. The van der Waals surface area contributed by atoms with Gasteiger partial charge in [-0.2, -0.15) is 4.68 Å². The van der Waals surface area contributed by atoms with Gasteiger partial charge in [-0.15, -0.1) is 5.10 Å². The van der Waals surface area contributed by atoms with Crippen LogP contribution in [0.15, 0.2) is 18.2 Å². The topological polar surface area (TPSA) is 39.9 Å². The van der Waals surface area contributed by atoms with Crippen LogP contribution in [0.25, 0.3) is 5.69 Å². The Hall–Kier alpha value is -1.84. The fourth-order valence-corrected chi connectivity index (χ4v) is 2.32. The van der Waals surface area contributed by atoms with Gasteiger partial charge in [-0.05, 0) is 31.4 Å². The van der Waals surface area contributed by atoms with E-state index < -0.39 is 0 Å². The maximum Gasteiger partial charge on any atom is 0.241 e. The molecule has 2 aromatic rings. The lowest BCUT2D eigenvalue weighted by Crippen LogP contribution is -2.14. The summed E-state index contributed by atoms with van der Waals surface area (Å²) < 4.78 is 7.67. The summed E-state index contributed by atoms with van der Waals surface area (Å²) in [5, 5.41) is 8.49. The molecule has 1 aromatic carbocycles. The van der Waals surface area contributed by atoms with Gasteiger partial charge < -0.3 is 4.74 Å². The first kappa shape index (κ1) is 11.3. The van der Waals surface area contributed by atoms with Gasteiger partial charge in [0.05, 0.1) is 5.69 Å². The van der Waals surface area contributed by atoms with Crippen LogP contribution in [0.4, 0.5) is 0 Å². The number of aromatic nitrogens is 3. The molecular weight excluding hydrogens is 226 g/mol. The molecule has 1 aliphatic heterocycles. The maximum absolute atomic E-state index is 5.84. The van der Waals surface area contributed by atoms with Gasteiger partial charge in [0.1, 0.15) is 12.3 Å². The van der Waals surface area contributed by atoms with E-state index in [1.807, 2.05) is 4.68 Å². The molecule has 0 amide bonds. The summed E-state index contributed by atoms with van der Waals surface area (Å²) >= 11 is 0. The van der Waals surface area contributed by atoms with E-state index in [1.54, 1.807) is 0 Å². The second-order valence-corrected chi connectivity index (χ2v) is 4.72. The molecule has 0 saturated carbocycles. The molecule has 0 aliphatic carbocycles. The summed E-state index contributed by atoms with van der Waals surface area (Å²) in [6, 6.07) is 6.23. The van der Waals surface area contributed by atoms with E-state index in [4.69, 9.17) is 4.74 Å². The molecule has 0 fully saturated rings. The minimum absolute atomic E-state index is 0.620. The van der Waals surface area contributed by atoms with Crippen LogP contribution in [-0.2, 0) is 13.0 Å². The molecule has 0 unspecified atom stereocenters. The van der Waals surface area contributed by atoms with Gasteiger partial charge in [0.25, 0.3) is 0 Å². The van der Waals surface area contributed by atoms with Crippen molar-refractivity contribution >= 4 is 0 Å². The highest BCUT2D eigenvalue weighted by molar-refractivity contribution is 5.49. The van der Waals surface area contributed by atoms with Crippen LogP contribution in [-0.4, -0.2) is 15.0 Å². The molecule has 2 heterocycles. The summed E-state index contributed by atoms with van der Waals surface area (Å²) in [6.45, 7) is 4.89. The first-order chi connectivity index (χ1) is 8.81. The highest BCUT2D eigenvalue weighted by Crippen LogP contribution is 2.31. The van der Waals surface area contributed by atoms with Gasteiger partial charge in [0.15, 0.2) is 0 Å². The Bertz CT molecular complexity index is 574. The average molecular weight is 243 g/mol. The first-order valence-corrected chi connectivity index (χ1v) is 6.47. The Morgan fingerprint density at radius 1 is 1.39 bits per heavy atom. The van der Waals surface area contributed by atoms with E-state index in [-0.39, 0.29) is 0 Å². The number of hydrogen-bond donors (Lipinski definition) is 0. The van der Waals surface area contributed by atoms with Gasteiger partial charge >= 0.3 is 0 Å². The van der Waals surface area contributed by atoms with Crippen molar-refractivity contribution in [1.82, 2.24) is 15.0 Å². The largest absolute Gasteiger partial charge is 0.471 e. The fraction of sp³-hybridized carbons (Fsp3) is 0.429. The number of ether oxygens (including phenoxy) is 1. The molecule has 0 spiro atoms. The predicted octanol–water partition coefficient (Wildman–Crippen LogP) is 2.81. The normalized spacial score (nSPS) is 12.8. The van der Waals surface area contributed by atoms with Crippen LogP contribution in [0.5, 0.6) is 5.88 Å². The van der Waals surface area contributed by atoms with Crippen molar-refractivity contribution in [2.45, 2.75) is 39.7 Å². The smallest absolute Gasteiger partial charge is 0.241 e. The lowest BCUT2D eigenvalue weighted by atomic mass is 10.1. The summed E-state index contributed by atoms with van der Waals surface area (Å²) in [7, 11) is 0. The third-order valence-electron chi connectivity index (χ3n) is 3.43. The monoisotopic (exact) mass is 243 g/mol. The van der Waals surface area contributed by atoms with Gasteiger partial charge in [0.2, 0.25) is 5.88 Å². The molecule has 94 valence electrons. The highest BCUT2D eigenvalue weighted by atomic mass is 16.5. The molecule has 0 bridgehead atoms. The van der Waals surface area contributed by atoms with Crippen LogP contribution in [0.3, 0.4) is 0 Å². The average Bonchev–Trinajstić information content (AvgIpc) is 2.80. The molecule has 1 aromatic heterocycles. The minimum Gasteiger partial charge on any atom is -0.471 e. The lowest BCUT2D eigenvalue weighted by molar-refractivity contribution is 0.267. The number of unbranched alkanes of at least 4 members (excludes halogenated alkanes) is 1. The third kappa shape index (κ3) is 1.68. The predicted molar refractivity (Wildman–Crippen MR) is 69.0 cm³/mol. The van der Waals surface area contributed by atoms with Crippen molar-refractivity contribution in [1.29, 1.82) is 0 Å². The van der Waals surface area contributed by atoms with Crippen molar-refractivity contribution in [3.05, 3.63) is 35.0 Å². The minimum atomic E-state index is 0.620. The van der Waals surface area contributed by atoms with Crippen LogP contribution >= 0.6 is 0 Å². The first-order valence-electron chi connectivity index (χ1n) is 6.47. The molecule has 0 saturated heterocycles. The molecule has 0 atom stereocenters. The zero-order chi connectivity index (χ0) is 12.5. The molecule has 18 heavy (non-hydrogen) atoms.